The van der Waals surface area contributed by atoms with Gasteiger partial charge in [-0.25, -0.2) is 0 Å². The third-order valence-corrected chi connectivity index (χ3v) is 5.14. The maximum absolute atomic E-state index is 10.7. The van der Waals surface area contributed by atoms with E-state index in [1.165, 1.54) is 0 Å². The standard InChI is InChI=1S/C19H39N5O3.HI/c1-5-20-18(21-12-16(2)24-8-11-27-13-17(24)3)22-14-19(4,25)15-23-6-9-26-10-7-23;/h16-17,25H,5-15H2,1-4H3,(H2,20,21,22);1H. The van der Waals surface area contributed by atoms with E-state index < -0.39 is 5.60 Å². The zero-order valence-corrected chi connectivity index (χ0v) is 20.3. The van der Waals surface area contributed by atoms with E-state index in [1.54, 1.807) is 0 Å². The van der Waals surface area contributed by atoms with Crippen molar-refractivity contribution in [1.82, 2.24) is 20.4 Å². The van der Waals surface area contributed by atoms with Crippen molar-refractivity contribution in [3.63, 3.8) is 0 Å². The van der Waals surface area contributed by atoms with E-state index >= 15 is 0 Å². The number of rotatable bonds is 8. The minimum absolute atomic E-state index is 0. The number of aliphatic hydroxyl groups is 1. The molecule has 3 N–H and O–H groups in total. The second-order valence-corrected chi connectivity index (χ2v) is 7.97. The molecule has 0 radical (unpaired) electrons. The fourth-order valence-corrected chi connectivity index (χ4v) is 3.64. The molecule has 2 aliphatic heterocycles. The highest BCUT2D eigenvalue weighted by molar-refractivity contribution is 14.0. The van der Waals surface area contributed by atoms with Crippen LogP contribution >= 0.6 is 24.0 Å². The Hall–Kier alpha value is -0.200. The molecule has 2 saturated heterocycles. The second kappa shape index (κ2) is 13.2. The molecule has 0 aromatic heterocycles. The summed E-state index contributed by atoms with van der Waals surface area (Å²) in [5.41, 5.74) is -0.857. The number of morpholine rings is 2. The Bertz CT molecular complexity index is 461. The van der Waals surface area contributed by atoms with E-state index in [0.29, 0.717) is 25.2 Å². The number of halogens is 1. The Morgan fingerprint density at radius 2 is 1.89 bits per heavy atom. The van der Waals surface area contributed by atoms with Crippen LogP contribution in [0, 0.1) is 0 Å². The van der Waals surface area contributed by atoms with Gasteiger partial charge in [-0.1, -0.05) is 0 Å². The van der Waals surface area contributed by atoms with Crippen LogP contribution in [0.25, 0.3) is 0 Å². The summed E-state index contributed by atoms with van der Waals surface area (Å²) in [6.45, 7) is 16.7. The minimum Gasteiger partial charge on any atom is -0.387 e. The van der Waals surface area contributed by atoms with Crippen LogP contribution in [0.1, 0.15) is 27.7 Å². The molecule has 0 aliphatic carbocycles. The van der Waals surface area contributed by atoms with Crippen molar-refractivity contribution in [3.05, 3.63) is 0 Å². The van der Waals surface area contributed by atoms with Crippen molar-refractivity contribution in [3.8, 4) is 0 Å². The first kappa shape index (κ1) is 25.8. The number of guanidine groups is 1. The minimum atomic E-state index is -0.857. The van der Waals surface area contributed by atoms with Crippen LogP contribution in [0.5, 0.6) is 0 Å². The van der Waals surface area contributed by atoms with Gasteiger partial charge in [-0.15, -0.1) is 24.0 Å². The molecule has 0 bridgehead atoms. The Kier molecular flexibility index (Phi) is 12.2. The van der Waals surface area contributed by atoms with Gasteiger partial charge in [0.25, 0.3) is 0 Å². The molecule has 0 aromatic carbocycles. The summed E-state index contributed by atoms with van der Waals surface area (Å²) in [6, 6.07) is 0.825. The number of nitrogens with zero attached hydrogens (tertiary/aromatic N) is 3. The lowest BCUT2D eigenvalue weighted by molar-refractivity contribution is -0.0183. The summed E-state index contributed by atoms with van der Waals surface area (Å²) >= 11 is 0. The number of ether oxygens (including phenoxy) is 2. The van der Waals surface area contributed by atoms with Crippen LogP contribution in [-0.2, 0) is 9.47 Å². The topological polar surface area (TPSA) is 81.6 Å². The van der Waals surface area contributed by atoms with Gasteiger partial charge in [0.1, 0.15) is 0 Å². The zero-order valence-electron chi connectivity index (χ0n) is 17.9. The lowest BCUT2D eigenvalue weighted by Gasteiger charge is -2.38. The highest BCUT2D eigenvalue weighted by Crippen LogP contribution is 2.11. The molecule has 2 aliphatic rings. The van der Waals surface area contributed by atoms with E-state index in [9.17, 15) is 5.11 Å². The maximum Gasteiger partial charge on any atom is 0.191 e. The normalized spacial score (nSPS) is 25.5. The number of hydrogen-bond acceptors (Lipinski definition) is 6. The number of hydrogen-bond donors (Lipinski definition) is 3. The highest BCUT2D eigenvalue weighted by Gasteiger charge is 2.26. The second-order valence-electron chi connectivity index (χ2n) is 7.97. The summed E-state index contributed by atoms with van der Waals surface area (Å²) < 4.78 is 10.9. The van der Waals surface area contributed by atoms with Crippen molar-refractivity contribution < 1.29 is 14.6 Å². The Morgan fingerprint density at radius 1 is 1.21 bits per heavy atom. The predicted molar refractivity (Wildman–Crippen MR) is 124 cm³/mol. The molecule has 0 saturated carbocycles. The van der Waals surface area contributed by atoms with Gasteiger partial charge in [-0.3, -0.25) is 14.8 Å². The Labute approximate surface area is 187 Å². The number of nitrogens with one attached hydrogen (secondary N) is 2. The molecular formula is C19H40IN5O3. The number of β-amino-alcohol motifs (C(OH)–C–C–N with tert-alkyl or cyclic N) is 1. The lowest BCUT2D eigenvalue weighted by atomic mass is 10.1. The van der Waals surface area contributed by atoms with Gasteiger partial charge < -0.3 is 25.2 Å². The van der Waals surface area contributed by atoms with E-state index in [0.717, 1.165) is 65.1 Å². The van der Waals surface area contributed by atoms with Crippen LogP contribution in [0.4, 0.5) is 0 Å². The molecule has 28 heavy (non-hydrogen) atoms. The van der Waals surface area contributed by atoms with Crippen molar-refractivity contribution in [2.45, 2.75) is 45.4 Å². The molecule has 3 unspecified atom stereocenters. The van der Waals surface area contributed by atoms with Gasteiger partial charge in [-0.05, 0) is 27.7 Å². The first-order valence-electron chi connectivity index (χ1n) is 10.3. The quantitative estimate of drug-likeness (QED) is 0.246. The highest BCUT2D eigenvalue weighted by atomic mass is 127. The molecule has 2 heterocycles. The zero-order chi connectivity index (χ0) is 19.7. The Morgan fingerprint density at radius 3 is 2.54 bits per heavy atom. The van der Waals surface area contributed by atoms with Gasteiger partial charge in [0, 0.05) is 51.4 Å². The number of aliphatic imine (C=N–C) groups is 1. The maximum atomic E-state index is 10.7. The van der Waals surface area contributed by atoms with Crippen molar-refractivity contribution >= 4 is 29.9 Å². The van der Waals surface area contributed by atoms with E-state index in [-0.39, 0.29) is 24.0 Å². The largest absolute Gasteiger partial charge is 0.387 e. The van der Waals surface area contributed by atoms with Crippen molar-refractivity contribution in [2.75, 3.05) is 72.2 Å². The van der Waals surface area contributed by atoms with E-state index in [4.69, 9.17) is 9.47 Å². The fourth-order valence-electron chi connectivity index (χ4n) is 3.64. The Balaban J connectivity index is 0.00000392. The van der Waals surface area contributed by atoms with Gasteiger partial charge in [-0.2, -0.15) is 0 Å². The molecule has 0 aromatic rings. The van der Waals surface area contributed by atoms with Gasteiger partial charge in [0.05, 0.1) is 38.6 Å². The van der Waals surface area contributed by atoms with Crippen LogP contribution in [-0.4, -0.2) is 111 Å². The first-order valence-corrected chi connectivity index (χ1v) is 10.3. The molecule has 166 valence electrons. The van der Waals surface area contributed by atoms with Crippen LogP contribution in [0.2, 0.25) is 0 Å². The molecule has 0 spiro atoms. The molecule has 3 atom stereocenters. The third-order valence-electron chi connectivity index (χ3n) is 5.14. The van der Waals surface area contributed by atoms with Crippen LogP contribution in [0.15, 0.2) is 4.99 Å². The summed E-state index contributed by atoms with van der Waals surface area (Å²) in [7, 11) is 0. The van der Waals surface area contributed by atoms with E-state index in [2.05, 4.69) is 46.2 Å². The molecule has 2 fully saturated rings. The van der Waals surface area contributed by atoms with Crippen molar-refractivity contribution in [2.24, 2.45) is 4.99 Å². The summed E-state index contributed by atoms with van der Waals surface area (Å²) in [6.07, 6.45) is 0. The van der Waals surface area contributed by atoms with Gasteiger partial charge in [0.15, 0.2) is 5.96 Å². The van der Waals surface area contributed by atoms with Crippen LogP contribution < -0.4 is 10.6 Å². The third kappa shape index (κ3) is 9.08. The summed E-state index contributed by atoms with van der Waals surface area (Å²) in [5, 5.41) is 17.4. The molecule has 9 heteroatoms. The molecule has 0 amide bonds. The lowest BCUT2D eigenvalue weighted by Crippen LogP contribution is -2.53. The van der Waals surface area contributed by atoms with Gasteiger partial charge in [0.2, 0.25) is 0 Å². The smallest absolute Gasteiger partial charge is 0.191 e. The predicted octanol–water partition coefficient (Wildman–Crippen LogP) is 0.352. The first-order chi connectivity index (χ1) is 12.9. The average Bonchev–Trinajstić information content (AvgIpc) is 2.64. The SMILES string of the molecule is CCNC(=NCC(C)(O)CN1CCOCC1)NCC(C)N1CCOCC1C.I. The van der Waals surface area contributed by atoms with Crippen molar-refractivity contribution in [1.29, 1.82) is 0 Å². The molecule has 8 nitrogen and oxygen atoms in total. The monoisotopic (exact) mass is 513 g/mol. The summed E-state index contributed by atoms with van der Waals surface area (Å²) in [4.78, 5) is 9.33. The van der Waals surface area contributed by atoms with E-state index in [1.807, 2.05) is 6.92 Å². The van der Waals surface area contributed by atoms with Gasteiger partial charge >= 0.3 is 0 Å². The summed E-state index contributed by atoms with van der Waals surface area (Å²) in [5.74, 6) is 0.757. The molecular weight excluding hydrogens is 473 g/mol. The fraction of sp³-hybridized carbons (Fsp3) is 0.947. The van der Waals surface area contributed by atoms with Crippen LogP contribution in [0.3, 0.4) is 0 Å². The average molecular weight is 513 g/mol. The molecule has 2 rings (SSSR count).